The fraction of sp³-hybridized carbons (Fsp3) is 0.259. The number of aryl methyl sites for hydroxylation is 1. The lowest BCUT2D eigenvalue weighted by Gasteiger charge is -2.37. The average Bonchev–Trinajstić information content (AvgIpc) is 2.79. The zero-order chi connectivity index (χ0) is 23.5. The molecule has 1 aliphatic heterocycles. The van der Waals surface area contributed by atoms with Crippen LogP contribution in [0.4, 0.5) is 10.1 Å². The first-order valence-corrected chi connectivity index (χ1v) is 11.0. The van der Waals surface area contributed by atoms with E-state index >= 15 is 0 Å². The second kappa shape index (κ2) is 9.45. The first kappa shape index (κ1) is 22.5. The second-order valence-corrected chi connectivity index (χ2v) is 8.40. The van der Waals surface area contributed by atoms with Crippen molar-refractivity contribution in [1.82, 2.24) is 4.90 Å². The summed E-state index contributed by atoms with van der Waals surface area (Å²) in [5.74, 6) is -0.167. The molecule has 0 fully saturated rings. The van der Waals surface area contributed by atoms with E-state index in [9.17, 15) is 14.0 Å². The van der Waals surface area contributed by atoms with Crippen LogP contribution in [0, 0.1) is 12.7 Å². The van der Waals surface area contributed by atoms with Gasteiger partial charge in [0.2, 0.25) is 5.91 Å². The molecule has 0 aromatic heterocycles. The maximum Gasteiger partial charge on any atom is 0.265 e. The number of nitrogens with one attached hydrogen (secondary N) is 1. The zero-order valence-electron chi connectivity index (χ0n) is 19.0. The van der Waals surface area contributed by atoms with Crippen LogP contribution in [0.5, 0.6) is 5.75 Å². The number of hydrogen-bond donors (Lipinski definition) is 1. The first-order valence-electron chi connectivity index (χ1n) is 11.0. The molecule has 2 amide bonds. The fourth-order valence-electron chi connectivity index (χ4n) is 4.18. The topological polar surface area (TPSA) is 58.6 Å². The van der Waals surface area contributed by atoms with Crippen molar-refractivity contribution < 1.29 is 18.7 Å². The van der Waals surface area contributed by atoms with E-state index in [-0.39, 0.29) is 17.6 Å². The van der Waals surface area contributed by atoms with Crippen LogP contribution >= 0.6 is 0 Å². The lowest BCUT2D eigenvalue weighted by Crippen LogP contribution is -2.39. The monoisotopic (exact) mass is 446 g/mol. The van der Waals surface area contributed by atoms with Crippen molar-refractivity contribution in [1.29, 1.82) is 0 Å². The van der Waals surface area contributed by atoms with E-state index in [1.807, 2.05) is 55.5 Å². The highest BCUT2D eigenvalue weighted by Gasteiger charge is 2.31. The number of halogens is 1. The van der Waals surface area contributed by atoms with Gasteiger partial charge in [-0.05, 0) is 73.4 Å². The van der Waals surface area contributed by atoms with Gasteiger partial charge in [-0.2, -0.15) is 0 Å². The lowest BCUT2D eigenvalue weighted by molar-refractivity contribution is -0.130. The Labute approximate surface area is 193 Å². The quantitative estimate of drug-likeness (QED) is 0.598. The fourth-order valence-corrected chi connectivity index (χ4v) is 4.18. The third-order valence-electron chi connectivity index (χ3n) is 5.92. The smallest absolute Gasteiger partial charge is 0.265 e. The molecular weight excluding hydrogens is 419 g/mol. The minimum atomic E-state index is -0.732. The van der Waals surface area contributed by atoms with Gasteiger partial charge in [-0.15, -0.1) is 0 Å². The summed E-state index contributed by atoms with van der Waals surface area (Å²) in [5, 5.41) is 2.86. The number of benzene rings is 3. The molecule has 3 aromatic carbocycles. The molecule has 0 bridgehead atoms. The van der Waals surface area contributed by atoms with E-state index in [2.05, 4.69) is 5.32 Å². The third-order valence-corrected chi connectivity index (χ3v) is 5.92. The first-order chi connectivity index (χ1) is 15.8. The molecule has 170 valence electrons. The number of rotatable bonds is 5. The molecule has 0 aliphatic carbocycles. The summed E-state index contributed by atoms with van der Waals surface area (Å²) in [4.78, 5) is 26.7. The van der Waals surface area contributed by atoms with Gasteiger partial charge in [0.25, 0.3) is 5.91 Å². The molecule has 4 rings (SSSR count). The van der Waals surface area contributed by atoms with Crippen molar-refractivity contribution >= 4 is 17.5 Å². The Morgan fingerprint density at radius 3 is 2.55 bits per heavy atom. The predicted octanol–water partition coefficient (Wildman–Crippen LogP) is 5.03. The second-order valence-electron chi connectivity index (χ2n) is 8.40. The summed E-state index contributed by atoms with van der Waals surface area (Å²) >= 11 is 0. The van der Waals surface area contributed by atoms with Gasteiger partial charge in [0.05, 0.1) is 6.04 Å². The van der Waals surface area contributed by atoms with Crippen LogP contribution in [0.15, 0.2) is 66.7 Å². The van der Waals surface area contributed by atoms with Crippen LogP contribution in [0.2, 0.25) is 0 Å². The summed E-state index contributed by atoms with van der Waals surface area (Å²) in [6.45, 7) is 5.75. The van der Waals surface area contributed by atoms with Crippen LogP contribution in [-0.4, -0.2) is 29.4 Å². The highest BCUT2D eigenvalue weighted by atomic mass is 19.1. The number of hydrogen-bond acceptors (Lipinski definition) is 3. The molecule has 0 unspecified atom stereocenters. The summed E-state index contributed by atoms with van der Waals surface area (Å²) in [5.41, 5.74) is 4.47. The summed E-state index contributed by atoms with van der Waals surface area (Å²) < 4.78 is 19.9. The van der Waals surface area contributed by atoms with Crippen LogP contribution in [0.3, 0.4) is 0 Å². The largest absolute Gasteiger partial charge is 0.481 e. The lowest BCUT2D eigenvalue weighted by atomic mass is 9.88. The number of carbonyl (C=O) groups excluding carboxylic acids is 2. The Balaban J connectivity index is 1.59. The van der Waals surface area contributed by atoms with E-state index in [4.69, 9.17) is 4.74 Å². The Bertz CT molecular complexity index is 1180. The number of nitrogens with zero attached hydrogens (tertiary/aromatic N) is 1. The highest BCUT2D eigenvalue weighted by Crippen LogP contribution is 2.37. The number of ether oxygens (including phenoxy) is 1. The van der Waals surface area contributed by atoms with Crippen molar-refractivity contribution in [3.8, 4) is 5.75 Å². The van der Waals surface area contributed by atoms with Crippen LogP contribution in [0.1, 0.15) is 42.1 Å². The molecular formula is C27H27FN2O3. The molecule has 1 aliphatic rings. The maximum absolute atomic E-state index is 14.0. The van der Waals surface area contributed by atoms with Crippen molar-refractivity contribution in [2.45, 2.75) is 39.3 Å². The minimum absolute atomic E-state index is 0.0768. The molecule has 0 radical (unpaired) electrons. The van der Waals surface area contributed by atoms with E-state index in [0.717, 1.165) is 16.7 Å². The van der Waals surface area contributed by atoms with E-state index in [0.29, 0.717) is 30.0 Å². The van der Waals surface area contributed by atoms with Gasteiger partial charge in [0, 0.05) is 19.2 Å². The number of amides is 2. The van der Waals surface area contributed by atoms with Gasteiger partial charge in [0.15, 0.2) is 6.10 Å². The number of anilines is 1. The van der Waals surface area contributed by atoms with E-state index in [1.165, 1.54) is 19.1 Å². The molecule has 6 heteroatoms. The molecule has 33 heavy (non-hydrogen) atoms. The molecule has 0 spiro atoms. The summed E-state index contributed by atoms with van der Waals surface area (Å²) in [7, 11) is 0. The third kappa shape index (κ3) is 5.06. The van der Waals surface area contributed by atoms with Gasteiger partial charge in [0.1, 0.15) is 11.6 Å². The van der Waals surface area contributed by atoms with Crippen LogP contribution < -0.4 is 10.1 Å². The summed E-state index contributed by atoms with van der Waals surface area (Å²) in [6.07, 6.45) is -0.0331. The van der Waals surface area contributed by atoms with Gasteiger partial charge in [-0.25, -0.2) is 4.39 Å². The minimum Gasteiger partial charge on any atom is -0.481 e. The predicted molar refractivity (Wildman–Crippen MR) is 126 cm³/mol. The standard InChI is InChI=1S/C27H27FN2O3/c1-17-7-10-23(11-8-17)29-27(32)18(2)33-24-12-9-20-13-14-30(19(3)31)26(25(20)16-24)21-5-4-6-22(28)15-21/h4-12,15-16,18,26H,13-14H2,1-3H3,(H,29,32)/t18-,26+/m0/s1. The number of fused-ring (bicyclic) bond motifs is 1. The molecule has 0 saturated heterocycles. The van der Waals surface area contributed by atoms with Gasteiger partial charge >= 0.3 is 0 Å². The molecule has 3 aromatic rings. The average molecular weight is 447 g/mol. The molecule has 5 nitrogen and oxygen atoms in total. The van der Waals surface area contributed by atoms with E-state index in [1.54, 1.807) is 17.9 Å². The summed E-state index contributed by atoms with van der Waals surface area (Å²) in [6, 6.07) is 19.1. The van der Waals surface area contributed by atoms with Gasteiger partial charge < -0.3 is 15.0 Å². The maximum atomic E-state index is 14.0. The Hall–Kier alpha value is -3.67. The van der Waals surface area contributed by atoms with Gasteiger partial charge in [-0.3, -0.25) is 9.59 Å². The molecule has 1 N–H and O–H groups in total. The highest BCUT2D eigenvalue weighted by molar-refractivity contribution is 5.94. The van der Waals surface area contributed by atoms with Crippen LogP contribution in [0.25, 0.3) is 0 Å². The number of carbonyl (C=O) groups is 2. The normalized spacial score (nSPS) is 16.0. The Morgan fingerprint density at radius 1 is 1.09 bits per heavy atom. The SMILES string of the molecule is CC(=O)N1CCc2ccc(O[C@@H](C)C(=O)Nc3ccc(C)cc3)cc2[C@H]1c1cccc(F)c1. The van der Waals surface area contributed by atoms with Crippen molar-refractivity contribution in [3.63, 3.8) is 0 Å². The molecule has 1 heterocycles. The Kier molecular flexibility index (Phi) is 6.45. The van der Waals surface area contributed by atoms with Crippen molar-refractivity contribution in [2.24, 2.45) is 0 Å². The molecule has 0 saturated carbocycles. The van der Waals surface area contributed by atoms with Crippen LogP contribution in [-0.2, 0) is 16.0 Å². The van der Waals surface area contributed by atoms with Crippen molar-refractivity contribution in [3.05, 3.63) is 94.8 Å². The zero-order valence-corrected chi connectivity index (χ0v) is 19.0. The molecule has 2 atom stereocenters. The van der Waals surface area contributed by atoms with Gasteiger partial charge in [-0.1, -0.05) is 35.9 Å². The van der Waals surface area contributed by atoms with E-state index < -0.39 is 12.1 Å². The van der Waals surface area contributed by atoms with Crippen molar-refractivity contribution in [2.75, 3.05) is 11.9 Å². The Morgan fingerprint density at radius 2 is 1.85 bits per heavy atom.